The number of amides is 1. The van der Waals surface area contributed by atoms with Crippen molar-refractivity contribution in [1.82, 2.24) is 19.2 Å². The normalized spacial score (nSPS) is 13.5. The quantitative estimate of drug-likeness (QED) is 0.291. The maximum Gasteiger partial charge on any atom is 0.272 e. The fraction of sp³-hybridized carbons (Fsp3) is 0.200. The molecule has 0 unspecified atom stereocenters. The van der Waals surface area contributed by atoms with E-state index >= 15 is 0 Å². The number of benzene rings is 2. The maximum absolute atomic E-state index is 13.7. The Kier molecular flexibility index (Phi) is 6.14. The molecule has 0 spiro atoms. The van der Waals surface area contributed by atoms with Gasteiger partial charge in [-0.3, -0.25) is 25.0 Å². The van der Waals surface area contributed by atoms with Gasteiger partial charge in [-0.2, -0.15) is 5.10 Å². The van der Waals surface area contributed by atoms with Gasteiger partial charge in [-0.15, -0.1) is 0 Å². The highest BCUT2D eigenvalue weighted by Crippen LogP contribution is 2.26. The molecule has 4 aromatic rings. The number of nitro benzene ring substituents is 2. The van der Waals surface area contributed by atoms with E-state index in [-0.39, 0.29) is 17.3 Å². The predicted octanol–water partition coefficient (Wildman–Crippen LogP) is 3.66. The zero-order chi connectivity index (χ0) is 26.1. The molecule has 12 heteroatoms. The molecule has 0 atom stereocenters. The van der Waals surface area contributed by atoms with Gasteiger partial charge in [0.1, 0.15) is 11.4 Å². The smallest absolute Gasteiger partial charge is 0.272 e. The minimum atomic E-state index is -0.482. The average Bonchev–Trinajstić information content (AvgIpc) is 3.55. The van der Waals surface area contributed by atoms with Crippen LogP contribution in [0.5, 0.6) is 0 Å². The molecule has 0 saturated carbocycles. The van der Waals surface area contributed by atoms with Gasteiger partial charge in [-0.1, -0.05) is 6.07 Å². The molecule has 1 amide bonds. The van der Waals surface area contributed by atoms with Gasteiger partial charge >= 0.3 is 0 Å². The topological polar surface area (TPSA) is 133 Å². The molecule has 1 aliphatic rings. The van der Waals surface area contributed by atoms with Gasteiger partial charge in [0.2, 0.25) is 0 Å². The van der Waals surface area contributed by atoms with E-state index in [1.807, 2.05) is 29.9 Å². The van der Waals surface area contributed by atoms with Crippen molar-refractivity contribution < 1.29 is 14.6 Å². The van der Waals surface area contributed by atoms with E-state index in [2.05, 4.69) is 10.00 Å². The minimum absolute atomic E-state index is 0.0287. The predicted molar refractivity (Wildman–Crippen MR) is 136 cm³/mol. The molecular formula is C25H23N7O5. The van der Waals surface area contributed by atoms with Crippen LogP contribution in [0.3, 0.4) is 0 Å². The molecule has 5 rings (SSSR count). The third kappa shape index (κ3) is 4.63. The van der Waals surface area contributed by atoms with Gasteiger partial charge in [-0.05, 0) is 36.4 Å². The second-order valence-electron chi connectivity index (χ2n) is 8.66. The van der Waals surface area contributed by atoms with Gasteiger partial charge in [0, 0.05) is 69.4 Å². The molecule has 0 N–H and O–H groups in total. The molecule has 0 aliphatic carbocycles. The fourth-order valence-corrected chi connectivity index (χ4v) is 4.44. The minimum Gasteiger partial charge on any atom is -0.368 e. The summed E-state index contributed by atoms with van der Waals surface area (Å²) in [7, 11) is 1.88. The van der Waals surface area contributed by atoms with Crippen molar-refractivity contribution in [1.29, 1.82) is 0 Å². The van der Waals surface area contributed by atoms with E-state index in [1.165, 1.54) is 28.9 Å². The van der Waals surface area contributed by atoms with Crippen molar-refractivity contribution in [2.75, 3.05) is 31.1 Å². The highest BCUT2D eigenvalue weighted by molar-refractivity contribution is 5.94. The first-order valence-electron chi connectivity index (χ1n) is 11.6. The number of anilines is 1. The van der Waals surface area contributed by atoms with Crippen molar-refractivity contribution in [3.63, 3.8) is 0 Å². The first-order valence-corrected chi connectivity index (χ1v) is 11.6. The zero-order valence-electron chi connectivity index (χ0n) is 19.9. The number of carbonyl (C=O) groups excluding carboxylic acids is 1. The highest BCUT2D eigenvalue weighted by Gasteiger charge is 2.27. The van der Waals surface area contributed by atoms with E-state index in [0.29, 0.717) is 43.3 Å². The summed E-state index contributed by atoms with van der Waals surface area (Å²) in [5, 5.41) is 26.9. The number of carbonyl (C=O) groups is 1. The van der Waals surface area contributed by atoms with Crippen LogP contribution in [-0.2, 0) is 7.05 Å². The number of aryl methyl sites for hydroxylation is 1. The second-order valence-corrected chi connectivity index (χ2v) is 8.66. The number of non-ortho nitro benzene ring substituents is 2. The summed E-state index contributed by atoms with van der Waals surface area (Å²) in [5.74, 6) is -0.234. The molecule has 0 bridgehead atoms. The van der Waals surface area contributed by atoms with Gasteiger partial charge < -0.3 is 14.4 Å². The Morgan fingerprint density at radius 3 is 2.16 bits per heavy atom. The van der Waals surface area contributed by atoms with Crippen LogP contribution in [0.2, 0.25) is 0 Å². The maximum atomic E-state index is 13.7. The summed E-state index contributed by atoms with van der Waals surface area (Å²) in [6, 6.07) is 17.8. The average molecular weight is 502 g/mol. The largest absolute Gasteiger partial charge is 0.368 e. The summed E-state index contributed by atoms with van der Waals surface area (Å²) in [6.45, 7) is 1.99. The number of nitrogens with zero attached hydrogens (tertiary/aromatic N) is 7. The summed E-state index contributed by atoms with van der Waals surface area (Å²) < 4.78 is 3.34. The SMILES string of the molecule is Cn1cccc1-c1cc(C(=O)N2CCN(c3ccc([N+](=O)[O-])cc3)CC2)n(-c2cccc([N+](=O)[O-])c2)n1. The Labute approximate surface area is 211 Å². The summed E-state index contributed by atoms with van der Waals surface area (Å²) in [6.07, 6.45) is 1.88. The van der Waals surface area contributed by atoms with E-state index in [1.54, 1.807) is 35.2 Å². The third-order valence-electron chi connectivity index (χ3n) is 6.41. The Morgan fingerprint density at radius 2 is 1.54 bits per heavy atom. The first kappa shape index (κ1) is 23.7. The zero-order valence-corrected chi connectivity index (χ0v) is 19.9. The Morgan fingerprint density at radius 1 is 0.838 bits per heavy atom. The monoisotopic (exact) mass is 501 g/mol. The van der Waals surface area contributed by atoms with Crippen molar-refractivity contribution in [2.24, 2.45) is 7.05 Å². The number of hydrogen-bond acceptors (Lipinski definition) is 7. The van der Waals surface area contributed by atoms with Gasteiger partial charge in [0.05, 0.1) is 21.2 Å². The van der Waals surface area contributed by atoms with E-state index in [0.717, 1.165) is 11.4 Å². The summed E-state index contributed by atoms with van der Waals surface area (Å²) in [4.78, 5) is 38.8. The molecule has 0 radical (unpaired) electrons. The number of hydrogen-bond donors (Lipinski definition) is 0. The Balaban J connectivity index is 1.42. The molecule has 2 aromatic heterocycles. The van der Waals surface area contributed by atoms with Crippen LogP contribution in [0, 0.1) is 20.2 Å². The highest BCUT2D eigenvalue weighted by atomic mass is 16.6. The van der Waals surface area contributed by atoms with Gasteiger partial charge in [-0.25, -0.2) is 4.68 Å². The molecule has 2 aromatic carbocycles. The number of piperazine rings is 1. The number of aromatic nitrogens is 3. The standard InChI is InChI=1S/C25H23N7O5/c1-27-11-3-6-23(27)22-17-24(30(26-22)20-4-2-5-21(16-20)32(36)37)25(33)29-14-12-28(13-15-29)18-7-9-19(10-8-18)31(34)35/h2-11,16-17H,12-15H2,1H3. The van der Waals surface area contributed by atoms with Crippen LogP contribution in [0.15, 0.2) is 72.9 Å². The summed E-state index contributed by atoms with van der Waals surface area (Å²) >= 11 is 0. The Bertz CT molecular complexity index is 1480. The van der Waals surface area contributed by atoms with E-state index < -0.39 is 9.85 Å². The number of nitro groups is 2. The van der Waals surface area contributed by atoms with Gasteiger partial charge in [0.25, 0.3) is 17.3 Å². The first-order chi connectivity index (χ1) is 17.8. The molecule has 37 heavy (non-hydrogen) atoms. The molecule has 1 fully saturated rings. The fourth-order valence-electron chi connectivity index (χ4n) is 4.44. The molecule has 3 heterocycles. The lowest BCUT2D eigenvalue weighted by atomic mass is 10.2. The molecule has 188 valence electrons. The summed E-state index contributed by atoms with van der Waals surface area (Å²) in [5.41, 5.74) is 2.89. The van der Waals surface area contributed by atoms with Crippen molar-refractivity contribution in [2.45, 2.75) is 0 Å². The molecule has 1 aliphatic heterocycles. The molecular weight excluding hydrogens is 478 g/mol. The van der Waals surface area contributed by atoms with Crippen LogP contribution in [0.4, 0.5) is 17.1 Å². The Hall–Kier alpha value is -5.00. The lowest BCUT2D eigenvalue weighted by Gasteiger charge is -2.36. The van der Waals surface area contributed by atoms with Crippen molar-refractivity contribution >= 4 is 23.0 Å². The van der Waals surface area contributed by atoms with Crippen LogP contribution in [0.1, 0.15) is 10.5 Å². The van der Waals surface area contributed by atoms with Crippen molar-refractivity contribution in [3.05, 3.63) is 98.8 Å². The lowest BCUT2D eigenvalue weighted by Crippen LogP contribution is -2.49. The van der Waals surface area contributed by atoms with Crippen molar-refractivity contribution in [3.8, 4) is 17.1 Å². The van der Waals surface area contributed by atoms with E-state index in [4.69, 9.17) is 0 Å². The van der Waals surface area contributed by atoms with E-state index in [9.17, 15) is 25.0 Å². The third-order valence-corrected chi connectivity index (χ3v) is 6.41. The van der Waals surface area contributed by atoms with Crippen LogP contribution in [-0.4, -0.2) is 61.2 Å². The second kappa shape index (κ2) is 9.57. The van der Waals surface area contributed by atoms with Crippen LogP contribution < -0.4 is 4.90 Å². The molecule has 1 saturated heterocycles. The van der Waals surface area contributed by atoms with Gasteiger partial charge in [0.15, 0.2) is 0 Å². The number of rotatable bonds is 6. The van der Waals surface area contributed by atoms with Crippen LogP contribution >= 0.6 is 0 Å². The lowest BCUT2D eigenvalue weighted by molar-refractivity contribution is -0.385. The molecule has 12 nitrogen and oxygen atoms in total. The van der Waals surface area contributed by atoms with Crippen LogP contribution in [0.25, 0.3) is 17.1 Å².